The predicted octanol–water partition coefficient (Wildman–Crippen LogP) is 1.71. The van der Waals surface area contributed by atoms with Crippen LogP contribution in [0.2, 0.25) is 0 Å². The predicted molar refractivity (Wildman–Crippen MR) is 82.9 cm³/mol. The van der Waals surface area contributed by atoms with E-state index in [0.717, 1.165) is 17.7 Å². The number of aryl methyl sites for hydroxylation is 1. The fourth-order valence-electron chi connectivity index (χ4n) is 1.84. The van der Waals surface area contributed by atoms with Crippen LogP contribution in [0.15, 0.2) is 52.3 Å². The molecule has 0 fully saturated rings. The second kappa shape index (κ2) is 6.19. The minimum Gasteiger partial charge on any atom is -0.744 e. The number of anilines is 1. The van der Waals surface area contributed by atoms with Gasteiger partial charge in [-0.2, -0.15) is 0 Å². The van der Waals surface area contributed by atoms with E-state index in [0.29, 0.717) is 0 Å². The standard InChI is InChI=1S/C14H15NO6S2/c1-10-3-5-11(6-4-10)22(16,17)15-13-9-12(23(18,19)20)7-8-14(13)21-2/h3-9,15H,1-2H3,(H,18,19,20)/p-1. The van der Waals surface area contributed by atoms with E-state index in [-0.39, 0.29) is 16.3 Å². The van der Waals surface area contributed by atoms with E-state index in [2.05, 4.69) is 4.72 Å². The Bertz CT molecular complexity index is 918. The maximum absolute atomic E-state index is 12.3. The molecule has 0 aliphatic carbocycles. The number of rotatable bonds is 5. The molecule has 0 saturated carbocycles. The minimum atomic E-state index is -4.72. The molecular weight excluding hydrogens is 342 g/mol. The summed E-state index contributed by atoms with van der Waals surface area (Å²) in [6.07, 6.45) is 0. The molecule has 0 aromatic heterocycles. The zero-order valence-electron chi connectivity index (χ0n) is 12.3. The summed E-state index contributed by atoms with van der Waals surface area (Å²) in [7, 11) is -7.37. The van der Waals surface area contributed by atoms with Crippen molar-refractivity contribution >= 4 is 25.8 Å². The Morgan fingerprint density at radius 3 is 2.04 bits per heavy atom. The molecule has 1 N–H and O–H groups in total. The summed E-state index contributed by atoms with van der Waals surface area (Å²) in [5.74, 6) is 0.0908. The molecular formula is C14H14NO6S2-. The normalized spacial score (nSPS) is 12.0. The van der Waals surface area contributed by atoms with Gasteiger partial charge in [0.15, 0.2) is 0 Å². The van der Waals surface area contributed by atoms with Gasteiger partial charge in [0.25, 0.3) is 10.0 Å². The van der Waals surface area contributed by atoms with Crippen molar-refractivity contribution in [2.75, 3.05) is 11.8 Å². The Kier molecular flexibility index (Phi) is 4.64. The van der Waals surface area contributed by atoms with Crippen molar-refractivity contribution in [1.29, 1.82) is 0 Å². The summed E-state index contributed by atoms with van der Waals surface area (Å²) < 4.78 is 65.2. The van der Waals surface area contributed by atoms with Crippen LogP contribution >= 0.6 is 0 Å². The maximum Gasteiger partial charge on any atom is 0.262 e. The summed E-state index contributed by atoms with van der Waals surface area (Å²) in [6, 6.07) is 9.26. The smallest absolute Gasteiger partial charge is 0.262 e. The van der Waals surface area contributed by atoms with E-state index < -0.39 is 25.0 Å². The van der Waals surface area contributed by atoms with Crippen LogP contribution in [0.3, 0.4) is 0 Å². The van der Waals surface area contributed by atoms with Crippen LogP contribution in [-0.4, -0.2) is 28.5 Å². The number of benzene rings is 2. The lowest BCUT2D eigenvalue weighted by atomic mass is 10.2. The van der Waals surface area contributed by atoms with Crippen molar-refractivity contribution in [1.82, 2.24) is 0 Å². The number of methoxy groups -OCH3 is 1. The monoisotopic (exact) mass is 356 g/mol. The highest BCUT2D eigenvalue weighted by atomic mass is 32.2. The van der Waals surface area contributed by atoms with Gasteiger partial charge < -0.3 is 9.29 Å². The number of sulfonamides is 1. The molecule has 0 bridgehead atoms. The van der Waals surface area contributed by atoms with Crippen molar-refractivity contribution in [3.05, 3.63) is 48.0 Å². The minimum absolute atomic E-state index is 0.000497. The van der Waals surface area contributed by atoms with Gasteiger partial charge in [-0.15, -0.1) is 0 Å². The fraction of sp³-hybridized carbons (Fsp3) is 0.143. The molecule has 0 amide bonds. The van der Waals surface area contributed by atoms with Gasteiger partial charge >= 0.3 is 0 Å². The summed E-state index contributed by atoms with van der Waals surface area (Å²) >= 11 is 0. The molecule has 0 aliphatic heterocycles. The third-order valence-corrected chi connectivity index (χ3v) is 5.25. The first-order valence-corrected chi connectivity index (χ1v) is 9.26. The quantitative estimate of drug-likeness (QED) is 0.816. The zero-order valence-corrected chi connectivity index (χ0v) is 13.9. The molecule has 2 aromatic carbocycles. The van der Waals surface area contributed by atoms with E-state index in [4.69, 9.17) is 4.74 Å². The van der Waals surface area contributed by atoms with Gasteiger partial charge in [0.05, 0.1) is 22.6 Å². The largest absolute Gasteiger partial charge is 0.744 e. The van der Waals surface area contributed by atoms with Gasteiger partial charge in [-0.05, 0) is 37.3 Å². The zero-order chi connectivity index (χ0) is 17.3. The van der Waals surface area contributed by atoms with Crippen LogP contribution in [0.25, 0.3) is 0 Å². The molecule has 9 heteroatoms. The summed E-state index contributed by atoms with van der Waals surface area (Å²) in [5, 5.41) is 0. The molecule has 0 unspecified atom stereocenters. The van der Waals surface area contributed by atoms with Crippen molar-refractivity contribution in [2.45, 2.75) is 16.7 Å². The third kappa shape index (κ3) is 4.01. The van der Waals surface area contributed by atoms with E-state index in [1.165, 1.54) is 25.3 Å². The molecule has 0 atom stereocenters. The van der Waals surface area contributed by atoms with E-state index in [9.17, 15) is 21.4 Å². The first kappa shape index (κ1) is 17.3. The molecule has 2 rings (SSSR count). The fourth-order valence-corrected chi connectivity index (χ4v) is 3.40. The maximum atomic E-state index is 12.3. The lowest BCUT2D eigenvalue weighted by molar-refractivity contribution is 0.416. The van der Waals surface area contributed by atoms with Crippen LogP contribution in [0.5, 0.6) is 5.75 Å². The number of hydrogen-bond acceptors (Lipinski definition) is 6. The molecule has 23 heavy (non-hydrogen) atoms. The Morgan fingerprint density at radius 1 is 0.957 bits per heavy atom. The highest BCUT2D eigenvalue weighted by Gasteiger charge is 2.17. The Morgan fingerprint density at radius 2 is 1.52 bits per heavy atom. The SMILES string of the molecule is COc1ccc(S(=O)(=O)[O-])cc1NS(=O)(=O)c1ccc(C)cc1. The van der Waals surface area contributed by atoms with Crippen LogP contribution in [0, 0.1) is 6.92 Å². The van der Waals surface area contributed by atoms with Gasteiger partial charge in [0.1, 0.15) is 15.9 Å². The van der Waals surface area contributed by atoms with Crippen LogP contribution in [0.1, 0.15) is 5.56 Å². The molecule has 124 valence electrons. The van der Waals surface area contributed by atoms with Gasteiger partial charge in [0.2, 0.25) is 0 Å². The lowest BCUT2D eigenvalue weighted by Crippen LogP contribution is -2.14. The highest BCUT2D eigenvalue weighted by Crippen LogP contribution is 2.29. The molecule has 0 aliphatic rings. The second-order valence-electron chi connectivity index (χ2n) is 4.73. The molecule has 0 heterocycles. The average molecular weight is 356 g/mol. The number of nitrogens with one attached hydrogen (secondary N) is 1. The first-order chi connectivity index (χ1) is 10.6. The molecule has 0 saturated heterocycles. The second-order valence-corrected chi connectivity index (χ2v) is 7.80. The van der Waals surface area contributed by atoms with Crippen LogP contribution in [0.4, 0.5) is 5.69 Å². The Hall–Kier alpha value is -2.10. The number of ether oxygens (including phenoxy) is 1. The van der Waals surface area contributed by atoms with Crippen LogP contribution < -0.4 is 9.46 Å². The van der Waals surface area contributed by atoms with Gasteiger partial charge in [-0.25, -0.2) is 16.8 Å². The van der Waals surface area contributed by atoms with Crippen molar-refractivity contribution in [3.63, 3.8) is 0 Å². The lowest BCUT2D eigenvalue weighted by Gasteiger charge is -2.14. The molecule has 0 spiro atoms. The van der Waals surface area contributed by atoms with Crippen molar-refractivity contribution in [3.8, 4) is 5.75 Å². The summed E-state index contributed by atoms with van der Waals surface area (Å²) in [5.41, 5.74) is 0.756. The Labute approximate surface area is 134 Å². The average Bonchev–Trinajstić information content (AvgIpc) is 2.46. The third-order valence-electron chi connectivity index (χ3n) is 3.04. The topological polar surface area (TPSA) is 113 Å². The first-order valence-electron chi connectivity index (χ1n) is 6.37. The van der Waals surface area contributed by atoms with Crippen LogP contribution in [-0.2, 0) is 20.1 Å². The summed E-state index contributed by atoms with van der Waals surface area (Å²) in [4.78, 5) is -0.555. The molecule has 7 nitrogen and oxygen atoms in total. The van der Waals surface area contributed by atoms with Crippen molar-refractivity contribution < 1.29 is 26.1 Å². The molecule has 0 radical (unpaired) electrons. The highest BCUT2D eigenvalue weighted by molar-refractivity contribution is 7.92. The number of hydrogen-bond donors (Lipinski definition) is 1. The Balaban J connectivity index is 2.47. The van der Waals surface area contributed by atoms with Gasteiger partial charge in [-0.3, -0.25) is 4.72 Å². The summed E-state index contributed by atoms with van der Waals surface area (Å²) in [6.45, 7) is 1.81. The molecule has 2 aromatic rings. The van der Waals surface area contributed by atoms with E-state index in [1.54, 1.807) is 12.1 Å². The van der Waals surface area contributed by atoms with Gasteiger partial charge in [-0.1, -0.05) is 17.7 Å². The van der Waals surface area contributed by atoms with E-state index >= 15 is 0 Å². The van der Waals surface area contributed by atoms with E-state index in [1.807, 2.05) is 6.92 Å². The van der Waals surface area contributed by atoms with Gasteiger partial charge in [0, 0.05) is 0 Å². The van der Waals surface area contributed by atoms with Crippen molar-refractivity contribution in [2.24, 2.45) is 0 Å².